The minimum atomic E-state index is -2.51. The second-order valence-corrected chi connectivity index (χ2v) is 17.3. The first-order chi connectivity index (χ1) is 25.9. The predicted molar refractivity (Wildman–Crippen MR) is 196 cm³/mol. The Bertz CT molecular complexity index is 2250. The summed E-state index contributed by atoms with van der Waals surface area (Å²) in [4.78, 5) is 28.3. The first kappa shape index (κ1) is 35.7. The van der Waals surface area contributed by atoms with E-state index in [1.54, 1.807) is 11.0 Å². The quantitative estimate of drug-likeness (QED) is 0.191. The van der Waals surface area contributed by atoms with Crippen LogP contribution in [0.4, 0.5) is 32.8 Å². The van der Waals surface area contributed by atoms with E-state index in [1.165, 1.54) is 12.1 Å². The van der Waals surface area contributed by atoms with Crippen LogP contribution in [0.1, 0.15) is 50.5 Å². The number of thiophene rings is 1. The lowest BCUT2D eigenvalue weighted by Gasteiger charge is -2.51. The number of nitrogens with zero attached hydrogens (tertiary/aromatic N) is 6. The number of hydrogen-bond acceptors (Lipinski definition) is 9. The highest BCUT2D eigenvalue weighted by atomic mass is 35.5. The smallest absolute Gasteiger partial charge is 0.319 e. The molecule has 6 heterocycles. The number of carbonyl (C=O) groups excluding carboxylic acids is 1. The van der Waals surface area contributed by atoms with Gasteiger partial charge in [-0.2, -0.15) is 15.2 Å². The van der Waals surface area contributed by atoms with Crippen molar-refractivity contribution in [2.75, 3.05) is 56.5 Å². The van der Waals surface area contributed by atoms with Gasteiger partial charge in [-0.1, -0.05) is 24.1 Å². The minimum Gasteiger partial charge on any atom is -0.461 e. The third-order valence-corrected chi connectivity index (χ3v) is 13.7. The van der Waals surface area contributed by atoms with E-state index >= 15 is 4.39 Å². The normalized spacial score (nSPS) is 26.4. The van der Waals surface area contributed by atoms with Crippen LogP contribution < -0.4 is 15.4 Å². The number of ether oxygens (including phenoxy) is 1. The summed E-state index contributed by atoms with van der Waals surface area (Å²) in [6.45, 7) is 3.06. The molecule has 2 aromatic carbocycles. The van der Waals surface area contributed by atoms with Gasteiger partial charge < -0.3 is 20.3 Å². The highest BCUT2D eigenvalue weighted by molar-refractivity contribution is 7.23. The number of alkyl halides is 3. The molecule has 4 atom stereocenters. The third kappa shape index (κ3) is 5.73. The number of rotatable bonds is 7. The molecule has 1 aliphatic carbocycles. The second-order valence-electron chi connectivity index (χ2n) is 15.8. The van der Waals surface area contributed by atoms with Crippen LogP contribution in [0.25, 0.3) is 32.1 Å². The van der Waals surface area contributed by atoms with E-state index in [2.05, 4.69) is 9.88 Å². The van der Waals surface area contributed by atoms with Crippen LogP contribution in [0.15, 0.2) is 18.2 Å². The van der Waals surface area contributed by atoms with Crippen molar-refractivity contribution in [2.45, 2.75) is 63.1 Å². The van der Waals surface area contributed by atoms with Gasteiger partial charge in [0.15, 0.2) is 5.82 Å². The van der Waals surface area contributed by atoms with Crippen molar-refractivity contribution in [3.63, 3.8) is 0 Å². The Kier molecular flexibility index (Phi) is 8.63. The van der Waals surface area contributed by atoms with E-state index in [-0.39, 0.29) is 72.7 Å². The lowest BCUT2D eigenvalue weighted by molar-refractivity contribution is -0.145. The Morgan fingerprint density at radius 1 is 1.15 bits per heavy atom. The molecular weight excluding hydrogens is 749 g/mol. The van der Waals surface area contributed by atoms with Crippen LogP contribution >= 0.6 is 22.9 Å². The molecule has 4 saturated heterocycles. The molecule has 0 bridgehead atoms. The van der Waals surface area contributed by atoms with Gasteiger partial charge in [-0.15, -0.1) is 11.3 Å². The number of nitriles is 1. The highest BCUT2D eigenvalue weighted by Crippen LogP contribution is 2.50. The molecule has 1 spiro atoms. The number of nitrogen functional groups attached to an aromatic ring is 1. The van der Waals surface area contributed by atoms with Crippen molar-refractivity contribution < 1.29 is 31.5 Å². The topological polar surface area (TPSA) is 112 Å². The average Bonchev–Trinajstić information content (AvgIpc) is 3.70. The number of halogens is 6. The zero-order chi connectivity index (χ0) is 37.7. The Labute approximate surface area is 316 Å². The first-order valence-electron chi connectivity index (χ1n) is 18.4. The lowest BCUT2D eigenvalue weighted by Crippen LogP contribution is -2.62. The zero-order valence-corrected chi connectivity index (χ0v) is 30.8. The Balaban J connectivity index is 1.12. The van der Waals surface area contributed by atoms with Crippen molar-refractivity contribution in [2.24, 2.45) is 17.3 Å². The maximum absolute atomic E-state index is 17.2. The number of nitrogens with two attached hydrogens (primary N) is 1. The predicted octanol–water partition coefficient (Wildman–Crippen LogP) is 7.57. The number of amides is 1. The van der Waals surface area contributed by atoms with Crippen LogP contribution in [-0.2, 0) is 4.79 Å². The van der Waals surface area contributed by atoms with Crippen molar-refractivity contribution in [3.8, 4) is 23.2 Å². The second kappa shape index (κ2) is 13.1. The molecule has 1 saturated carbocycles. The summed E-state index contributed by atoms with van der Waals surface area (Å²) < 4.78 is 79.8. The van der Waals surface area contributed by atoms with Gasteiger partial charge in [-0.25, -0.2) is 22.0 Å². The number of fused-ring (bicyclic) bond motifs is 3. The van der Waals surface area contributed by atoms with Gasteiger partial charge in [0, 0.05) is 72.7 Å². The summed E-state index contributed by atoms with van der Waals surface area (Å²) in [5.41, 5.74) is 5.27. The molecule has 1 amide bonds. The number of benzene rings is 2. The zero-order valence-electron chi connectivity index (χ0n) is 29.2. The summed E-state index contributed by atoms with van der Waals surface area (Å²) in [7, 11) is 0. The molecule has 2 N–H and O–H groups in total. The Morgan fingerprint density at radius 2 is 1.96 bits per heavy atom. The molecule has 9 rings (SSSR count). The van der Waals surface area contributed by atoms with Gasteiger partial charge in [0.25, 0.3) is 0 Å². The van der Waals surface area contributed by atoms with E-state index in [1.807, 2.05) is 11.0 Å². The number of aromatic nitrogens is 2. The standard InChI is InChI=1S/C38H37ClF5N7O2S/c39-25-11-23-30(29(42)28(25)20-4-5-26(41)31-27(20)24(13-45)33(46)54-31)47-36(53-18-38-7-3-9-51(38)14-19(40)12-38)48-34(23)49-8-2-1-6-37(15-49)16-50(17-37)35(52)22-10-21(22)32(43)44/h4-5,11,19,21-22,32H,1-3,6-10,12,14-18,46H2/t19-,21?,22?,38+/m1/s1. The van der Waals surface area contributed by atoms with Crippen LogP contribution in [0.3, 0.4) is 0 Å². The van der Waals surface area contributed by atoms with Crippen molar-refractivity contribution in [1.29, 1.82) is 5.26 Å². The highest BCUT2D eigenvalue weighted by Gasteiger charge is 2.55. The van der Waals surface area contributed by atoms with E-state index < -0.39 is 41.6 Å². The molecule has 2 unspecified atom stereocenters. The maximum atomic E-state index is 17.2. The summed E-state index contributed by atoms with van der Waals surface area (Å²) in [5, 5.41) is 10.5. The molecule has 16 heteroatoms. The Morgan fingerprint density at radius 3 is 2.72 bits per heavy atom. The molecular formula is C38H37ClF5N7O2S. The summed E-state index contributed by atoms with van der Waals surface area (Å²) in [6.07, 6.45) is 1.14. The molecule has 5 fully saturated rings. The molecule has 2 aromatic heterocycles. The van der Waals surface area contributed by atoms with Crippen molar-refractivity contribution >= 4 is 60.7 Å². The van der Waals surface area contributed by atoms with E-state index in [4.69, 9.17) is 27.1 Å². The van der Waals surface area contributed by atoms with E-state index in [0.717, 1.165) is 50.0 Å². The van der Waals surface area contributed by atoms with Gasteiger partial charge in [0.05, 0.1) is 20.8 Å². The van der Waals surface area contributed by atoms with Crippen LogP contribution in [0, 0.1) is 40.2 Å². The monoisotopic (exact) mass is 785 g/mol. The van der Waals surface area contributed by atoms with Crippen molar-refractivity contribution in [1.82, 2.24) is 19.8 Å². The lowest BCUT2D eigenvalue weighted by atomic mass is 9.75. The van der Waals surface area contributed by atoms with Crippen LogP contribution in [0.5, 0.6) is 6.01 Å². The third-order valence-electron chi connectivity index (χ3n) is 12.3. The van der Waals surface area contributed by atoms with Gasteiger partial charge in [-0.3, -0.25) is 9.69 Å². The summed E-state index contributed by atoms with van der Waals surface area (Å²) in [6, 6.07) is 6.05. The first-order valence-corrected chi connectivity index (χ1v) is 19.5. The van der Waals surface area contributed by atoms with Gasteiger partial charge in [0.1, 0.15) is 41.0 Å². The molecule has 5 aliphatic rings. The van der Waals surface area contributed by atoms with Gasteiger partial charge in [0.2, 0.25) is 12.3 Å². The maximum Gasteiger partial charge on any atom is 0.319 e. The van der Waals surface area contributed by atoms with Crippen LogP contribution in [-0.4, -0.2) is 89.7 Å². The number of hydrogen-bond donors (Lipinski definition) is 1. The van der Waals surface area contributed by atoms with Crippen LogP contribution in [0.2, 0.25) is 5.02 Å². The number of carbonyl (C=O) groups is 1. The fraction of sp³-hybridized carbons (Fsp3) is 0.526. The average molecular weight is 786 g/mol. The molecule has 9 nitrogen and oxygen atoms in total. The molecule has 54 heavy (non-hydrogen) atoms. The van der Waals surface area contributed by atoms with Gasteiger partial charge >= 0.3 is 6.01 Å². The molecule has 4 aromatic rings. The molecule has 4 aliphatic heterocycles. The molecule has 284 valence electrons. The summed E-state index contributed by atoms with van der Waals surface area (Å²) >= 11 is 7.81. The van der Waals surface area contributed by atoms with E-state index in [9.17, 15) is 27.6 Å². The Hall–Kier alpha value is -4.00. The fourth-order valence-electron chi connectivity index (χ4n) is 9.60. The fourth-order valence-corrected chi connectivity index (χ4v) is 10.8. The minimum absolute atomic E-state index is 0.0107. The SMILES string of the molecule is N#Cc1c(N)sc2c(F)ccc(-c3c(Cl)cc4c(N5CCCCC6(CN(C(=O)C7CC7C(F)F)C6)C5)nc(OC[C@@]56CCCN5C[C@H](F)C6)nc4c3F)c12. The number of likely N-dealkylation sites (tertiary alicyclic amines) is 1. The summed E-state index contributed by atoms with van der Waals surface area (Å²) in [5.74, 6) is -2.78. The molecule has 0 radical (unpaired) electrons. The van der Waals surface area contributed by atoms with Gasteiger partial charge in [-0.05, 0) is 56.3 Å². The number of anilines is 2. The van der Waals surface area contributed by atoms with Crippen molar-refractivity contribution in [3.05, 3.63) is 40.4 Å². The van der Waals surface area contributed by atoms with E-state index in [0.29, 0.717) is 50.3 Å². The largest absolute Gasteiger partial charge is 0.461 e.